The summed E-state index contributed by atoms with van der Waals surface area (Å²) in [6, 6.07) is 8.04. The van der Waals surface area contributed by atoms with Crippen LogP contribution in [0.1, 0.15) is 0 Å². The van der Waals surface area contributed by atoms with Crippen molar-refractivity contribution in [3.05, 3.63) is 41.4 Å². The Bertz CT molecular complexity index is 395. The lowest BCUT2D eigenvalue weighted by atomic mass is 10.2. The van der Waals surface area contributed by atoms with E-state index in [9.17, 15) is 0 Å². The molecule has 0 aliphatic carbocycles. The lowest BCUT2D eigenvalue weighted by molar-refractivity contribution is 0.279. The highest BCUT2D eigenvalue weighted by molar-refractivity contribution is 6.30. The molecule has 4 heteroatoms. The van der Waals surface area contributed by atoms with E-state index in [1.165, 1.54) is 5.69 Å². The predicted octanol–water partition coefficient (Wildman–Crippen LogP) is 3.26. The van der Waals surface area contributed by atoms with Crippen LogP contribution in [-0.4, -0.2) is 43.5 Å². The number of benzene rings is 1. The number of hydrogen-bond acceptors (Lipinski definition) is 2. The van der Waals surface area contributed by atoms with Crippen molar-refractivity contribution in [2.75, 3.05) is 43.5 Å². The molecule has 0 atom stereocenters. The molecule has 2 nitrogen and oxygen atoms in total. The molecule has 0 N–H and O–H groups in total. The number of rotatable bonds is 4. The molecule has 0 bridgehead atoms. The molecule has 0 unspecified atom stereocenters. The van der Waals surface area contributed by atoms with Gasteiger partial charge in [0.1, 0.15) is 0 Å². The molecule has 1 aromatic rings. The van der Waals surface area contributed by atoms with Gasteiger partial charge in [0, 0.05) is 49.3 Å². The third kappa shape index (κ3) is 3.64. The smallest absolute Gasteiger partial charge is 0.0443 e. The summed E-state index contributed by atoms with van der Waals surface area (Å²) < 4.78 is 0. The van der Waals surface area contributed by atoms with Gasteiger partial charge in [-0.05, 0) is 29.8 Å². The van der Waals surface area contributed by atoms with E-state index in [4.69, 9.17) is 23.2 Å². The van der Waals surface area contributed by atoms with Gasteiger partial charge >= 0.3 is 0 Å². The molecule has 0 amide bonds. The van der Waals surface area contributed by atoms with Crippen LogP contribution in [0.15, 0.2) is 36.4 Å². The van der Waals surface area contributed by atoms with Gasteiger partial charge in [0.05, 0.1) is 0 Å². The molecule has 2 rings (SSSR count). The molecule has 1 aromatic carbocycles. The van der Waals surface area contributed by atoms with Crippen molar-refractivity contribution in [2.45, 2.75) is 0 Å². The monoisotopic (exact) mass is 284 g/mol. The van der Waals surface area contributed by atoms with E-state index in [1.54, 1.807) is 0 Å². The number of nitrogens with zero attached hydrogens (tertiary/aromatic N) is 2. The summed E-state index contributed by atoms with van der Waals surface area (Å²) in [5.74, 6) is 0.553. The van der Waals surface area contributed by atoms with E-state index >= 15 is 0 Å². The summed E-state index contributed by atoms with van der Waals surface area (Å²) in [6.07, 6.45) is 0. The Kier molecular flexibility index (Phi) is 4.93. The van der Waals surface area contributed by atoms with Crippen molar-refractivity contribution in [2.24, 2.45) is 0 Å². The highest BCUT2D eigenvalue weighted by Crippen LogP contribution is 2.19. The lowest BCUT2D eigenvalue weighted by Gasteiger charge is -2.36. The lowest BCUT2D eigenvalue weighted by Crippen LogP contribution is -2.47. The molecule has 1 heterocycles. The van der Waals surface area contributed by atoms with E-state index in [2.05, 4.69) is 28.5 Å². The molecule has 98 valence electrons. The molecular formula is C14H18Cl2N2. The first-order chi connectivity index (χ1) is 8.69. The van der Waals surface area contributed by atoms with Crippen LogP contribution < -0.4 is 4.90 Å². The van der Waals surface area contributed by atoms with Crippen LogP contribution >= 0.6 is 23.2 Å². The topological polar surface area (TPSA) is 6.48 Å². The summed E-state index contributed by atoms with van der Waals surface area (Å²) in [5, 5.41) is 0.788. The molecule has 1 aliphatic heterocycles. The Morgan fingerprint density at radius 3 is 2.28 bits per heavy atom. The van der Waals surface area contributed by atoms with Crippen LogP contribution in [0.5, 0.6) is 0 Å². The molecule has 0 radical (unpaired) electrons. The standard InChI is InChI=1S/C14H18Cl2N2/c1-12(10-15)11-17-6-8-18(9-7-17)14-4-2-13(16)3-5-14/h2-5H,1,6-11H2. The average molecular weight is 285 g/mol. The fourth-order valence-electron chi connectivity index (χ4n) is 2.17. The Balaban J connectivity index is 1.86. The zero-order valence-corrected chi connectivity index (χ0v) is 11.9. The quantitative estimate of drug-likeness (QED) is 0.619. The molecule has 0 aromatic heterocycles. The highest BCUT2D eigenvalue weighted by Gasteiger charge is 2.17. The number of hydrogen-bond donors (Lipinski definition) is 0. The average Bonchev–Trinajstić information content (AvgIpc) is 2.40. The summed E-state index contributed by atoms with van der Waals surface area (Å²) in [6.45, 7) is 9.05. The molecule has 1 saturated heterocycles. The maximum absolute atomic E-state index is 5.90. The van der Waals surface area contributed by atoms with Gasteiger partial charge in [-0.25, -0.2) is 0 Å². The molecule has 18 heavy (non-hydrogen) atoms. The van der Waals surface area contributed by atoms with Crippen molar-refractivity contribution in [1.82, 2.24) is 4.90 Å². The molecule has 0 saturated carbocycles. The Morgan fingerprint density at radius 2 is 1.72 bits per heavy atom. The summed E-state index contributed by atoms with van der Waals surface area (Å²) in [5.41, 5.74) is 2.34. The van der Waals surface area contributed by atoms with Crippen molar-refractivity contribution in [3.63, 3.8) is 0 Å². The number of piperazine rings is 1. The van der Waals surface area contributed by atoms with Crippen molar-refractivity contribution in [1.29, 1.82) is 0 Å². The van der Waals surface area contributed by atoms with Gasteiger partial charge in [-0.2, -0.15) is 0 Å². The second-order valence-electron chi connectivity index (χ2n) is 4.62. The molecule has 0 spiro atoms. The van der Waals surface area contributed by atoms with E-state index in [1.807, 2.05) is 12.1 Å². The number of anilines is 1. The minimum atomic E-state index is 0.553. The van der Waals surface area contributed by atoms with Gasteiger partial charge in [0.15, 0.2) is 0 Å². The molecule has 1 fully saturated rings. The van der Waals surface area contributed by atoms with Crippen molar-refractivity contribution in [3.8, 4) is 0 Å². The molecular weight excluding hydrogens is 267 g/mol. The minimum absolute atomic E-state index is 0.553. The van der Waals surface area contributed by atoms with Crippen LogP contribution in [0, 0.1) is 0 Å². The number of alkyl halides is 1. The van der Waals surface area contributed by atoms with Crippen LogP contribution in [-0.2, 0) is 0 Å². The van der Waals surface area contributed by atoms with Gasteiger partial charge in [-0.3, -0.25) is 4.90 Å². The zero-order chi connectivity index (χ0) is 13.0. The second kappa shape index (κ2) is 6.46. The Labute approximate surface area is 119 Å². The van der Waals surface area contributed by atoms with Crippen molar-refractivity contribution < 1.29 is 0 Å². The highest BCUT2D eigenvalue weighted by atomic mass is 35.5. The van der Waals surface area contributed by atoms with Gasteiger partial charge in [0.2, 0.25) is 0 Å². The minimum Gasteiger partial charge on any atom is -0.369 e. The zero-order valence-electron chi connectivity index (χ0n) is 10.4. The largest absolute Gasteiger partial charge is 0.369 e. The van der Waals surface area contributed by atoms with Crippen LogP contribution in [0.4, 0.5) is 5.69 Å². The van der Waals surface area contributed by atoms with E-state index in [-0.39, 0.29) is 0 Å². The number of halogens is 2. The normalized spacial score (nSPS) is 16.9. The SMILES string of the molecule is C=C(CCl)CN1CCN(c2ccc(Cl)cc2)CC1. The Hall–Kier alpha value is -0.700. The second-order valence-corrected chi connectivity index (χ2v) is 5.33. The fraction of sp³-hybridized carbons (Fsp3) is 0.429. The first kappa shape index (κ1) is 13.7. The third-order valence-corrected chi connectivity index (χ3v) is 3.83. The van der Waals surface area contributed by atoms with E-state index in [0.717, 1.165) is 43.3 Å². The third-order valence-electron chi connectivity index (χ3n) is 3.20. The fourth-order valence-corrected chi connectivity index (χ4v) is 2.39. The Morgan fingerprint density at radius 1 is 1.11 bits per heavy atom. The van der Waals surface area contributed by atoms with Crippen LogP contribution in [0.3, 0.4) is 0 Å². The van der Waals surface area contributed by atoms with Crippen LogP contribution in [0.2, 0.25) is 5.02 Å². The van der Waals surface area contributed by atoms with E-state index < -0.39 is 0 Å². The van der Waals surface area contributed by atoms with Gasteiger partial charge in [-0.15, -0.1) is 11.6 Å². The summed E-state index contributed by atoms with van der Waals surface area (Å²) >= 11 is 11.7. The maximum atomic E-state index is 5.90. The molecule has 1 aliphatic rings. The van der Waals surface area contributed by atoms with Crippen molar-refractivity contribution >= 4 is 28.9 Å². The first-order valence-electron chi connectivity index (χ1n) is 6.14. The van der Waals surface area contributed by atoms with Gasteiger partial charge in [-0.1, -0.05) is 18.2 Å². The van der Waals surface area contributed by atoms with Gasteiger partial charge in [0.25, 0.3) is 0 Å². The first-order valence-corrected chi connectivity index (χ1v) is 7.06. The van der Waals surface area contributed by atoms with E-state index in [0.29, 0.717) is 5.88 Å². The maximum Gasteiger partial charge on any atom is 0.0443 e. The predicted molar refractivity (Wildman–Crippen MR) is 80.0 cm³/mol. The van der Waals surface area contributed by atoms with Gasteiger partial charge < -0.3 is 4.90 Å². The summed E-state index contributed by atoms with van der Waals surface area (Å²) in [7, 11) is 0. The van der Waals surface area contributed by atoms with Crippen LogP contribution in [0.25, 0.3) is 0 Å². The summed E-state index contributed by atoms with van der Waals surface area (Å²) in [4.78, 5) is 4.79.